The van der Waals surface area contributed by atoms with E-state index < -0.39 is 0 Å². The monoisotopic (exact) mass is 248 g/mol. The van der Waals surface area contributed by atoms with Crippen LogP contribution in [0.25, 0.3) is 0 Å². The zero-order chi connectivity index (χ0) is 12.4. The number of hydrogen-bond acceptors (Lipinski definition) is 3. The number of esters is 1. The number of fused-ring (bicyclic) bond motifs is 7. The molecule has 18 heavy (non-hydrogen) atoms. The maximum atomic E-state index is 11.5. The van der Waals surface area contributed by atoms with Gasteiger partial charge in [-0.05, 0) is 55.8 Å². The zero-order valence-electron chi connectivity index (χ0n) is 10.8. The molecule has 0 aromatic rings. The van der Waals surface area contributed by atoms with Crippen LogP contribution in [0.1, 0.15) is 26.2 Å². The van der Waals surface area contributed by atoms with E-state index in [9.17, 15) is 4.79 Å². The van der Waals surface area contributed by atoms with Gasteiger partial charge in [0.25, 0.3) is 0 Å². The standard InChI is InChI=1S/C15H20O3/c1-7(2)15(16)17-6-9-3-8-4-10(9)11-5-12-14(18-12)13(8)11/h8-14H,1,3-6H2,2H3/t8?,9?,10-,11?,12?,13?,14?/m0/s1. The lowest BCUT2D eigenvalue weighted by Gasteiger charge is -2.32. The summed E-state index contributed by atoms with van der Waals surface area (Å²) >= 11 is 0. The highest BCUT2D eigenvalue weighted by molar-refractivity contribution is 5.86. The first-order valence-corrected chi connectivity index (χ1v) is 7.13. The summed E-state index contributed by atoms with van der Waals surface area (Å²) in [5, 5.41) is 0. The Morgan fingerprint density at radius 3 is 2.94 bits per heavy atom. The van der Waals surface area contributed by atoms with Crippen LogP contribution >= 0.6 is 0 Å². The van der Waals surface area contributed by atoms with E-state index in [1.165, 1.54) is 19.3 Å². The molecule has 0 aromatic heterocycles. The summed E-state index contributed by atoms with van der Waals surface area (Å²) in [7, 11) is 0. The van der Waals surface area contributed by atoms with Crippen molar-refractivity contribution in [2.45, 2.75) is 38.4 Å². The molecule has 3 aliphatic carbocycles. The topological polar surface area (TPSA) is 38.8 Å². The number of carbonyl (C=O) groups excluding carboxylic acids is 1. The van der Waals surface area contributed by atoms with E-state index in [1.807, 2.05) is 0 Å². The third kappa shape index (κ3) is 1.43. The van der Waals surface area contributed by atoms with Gasteiger partial charge in [0.15, 0.2) is 0 Å². The first-order chi connectivity index (χ1) is 8.65. The lowest BCUT2D eigenvalue weighted by molar-refractivity contribution is -0.141. The molecule has 0 N–H and O–H groups in total. The van der Waals surface area contributed by atoms with Crippen LogP contribution in [0.3, 0.4) is 0 Å². The zero-order valence-corrected chi connectivity index (χ0v) is 10.8. The molecule has 2 bridgehead atoms. The molecule has 1 saturated heterocycles. The van der Waals surface area contributed by atoms with Gasteiger partial charge in [-0.2, -0.15) is 0 Å². The van der Waals surface area contributed by atoms with E-state index in [-0.39, 0.29) is 5.97 Å². The average molecular weight is 248 g/mol. The Bertz CT molecular complexity index is 416. The van der Waals surface area contributed by atoms with Gasteiger partial charge in [-0.25, -0.2) is 4.79 Å². The van der Waals surface area contributed by atoms with Gasteiger partial charge in [-0.1, -0.05) is 6.58 Å². The Balaban J connectivity index is 1.39. The van der Waals surface area contributed by atoms with Gasteiger partial charge >= 0.3 is 5.97 Å². The number of ether oxygens (including phenoxy) is 2. The molecule has 4 fully saturated rings. The molecule has 0 spiro atoms. The Morgan fingerprint density at radius 2 is 2.17 bits per heavy atom. The van der Waals surface area contributed by atoms with Crippen molar-refractivity contribution in [3.63, 3.8) is 0 Å². The highest BCUT2D eigenvalue weighted by atomic mass is 16.6. The van der Waals surface area contributed by atoms with Crippen molar-refractivity contribution >= 4 is 5.97 Å². The Kier molecular flexibility index (Phi) is 2.20. The van der Waals surface area contributed by atoms with Crippen molar-refractivity contribution in [1.29, 1.82) is 0 Å². The molecule has 0 amide bonds. The number of carbonyl (C=O) groups is 1. The fourth-order valence-electron chi connectivity index (χ4n) is 4.97. The lowest BCUT2D eigenvalue weighted by atomic mass is 9.75. The molecule has 98 valence electrons. The van der Waals surface area contributed by atoms with E-state index in [2.05, 4.69) is 6.58 Å². The van der Waals surface area contributed by atoms with Gasteiger partial charge in [0.1, 0.15) is 0 Å². The summed E-state index contributed by atoms with van der Waals surface area (Å²) in [4.78, 5) is 11.5. The van der Waals surface area contributed by atoms with Gasteiger partial charge in [-0.15, -0.1) is 0 Å². The highest BCUT2D eigenvalue weighted by Crippen LogP contribution is 2.65. The third-order valence-corrected chi connectivity index (χ3v) is 5.66. The van der Waals surface area contributed by atoms with Crippen LogP contribution in [0.4, 0.5) is 0 Å². The summed E-state index contributed by atoms with van der Waals surface area (Å²) in [5.74, 6) is 3.69. The summed E-state index contributed by atoms with van der Waals surface area (Å²) in [6.45, 7) is 5.94. The Labute approximate surface area is 108 Å². The first-order valence-electron chi connectivity index (χ1n) is 7.13. The molecule has 3 saturated carbocycles. The predicted molar refractivity (Wildman–Crippen MR) is 65.7 cm³/mol. The van der Waals surface area contributed by atoms with E-state index in [0.717, 1.165) is 23.7 Å². The minimum absolute atomic E-state index is 0.230. The summed E-state index contributed by atoms with van der Waals surface area (Å²) < 4.78 is 11.0. The summed E-state index contributed by atoms with van der Waals surface area (Å²) in [5.41, 5.74) is 0.506. The molecule has 0 aromatic carbocycles. The first kappa shape index (κ1) is 11.0. The van der Waals surface area contributed by atoms with E-state index in [1.54, 1.807) is 6.92 Å². The van der Waals surface area contributed by atoms with Crippen LogP contribution in [-0.2, 0) is 14.3 Å². The molecule has 1 aliphatic heterocycles. The van der Waals surface area contributed by atoms with E-state index in [4.69, 9.17) is 9.47 Å². The molecule has 4 aliphatic rings. The highest BCUT2D eigenvalue weighted by Gasteiger charge is 2.66. The van der Waals surface area contributed by atoms with Crippen molar-refractivity contribution in [3.8, 4) is 0 Å². The van der Waals surface area contributed by atoms with Crippen LogP contribution in [0.2, 0.25) is 0 Å². The maximum Gasteiger partial charge on any atom is 0.333 e. The molecule has 0 radical (unpaired) electrons. The van der Waals surface area contributed by atoms with Crippen molar-refractivity contribution in [2.75, 3.05) is 6.61 Å². The molecule has 3 nitrogen and oxygen atoms in total. The minimum atomic E-state index is -0.230. The van der Waals surface area contributed by atoms with Gasteiger partial charge in [0.2, 0.25) is 0 Å². The van der Waals surface area contributed by atoms with Gasteiger partial charge < -0.3 is 9.47 Å². The van der Waals surface area contributed by atoms with Crippen molar-refractivity contribution in [2.24, 2.45) is 29.6 Å². The lowest BCUT2D eigenvalue weighted by Crippen LogP contribution is -2.31. The number of epoxide rings is 1. The molecule has 7 atom stereocenters. The van der Waals surface area contributed by atoms with Crippen LogP contribution in [-0.4, -0.2) is 24.8 Å². The Hall–Kier alpha value is -0.830. The SMILES string of the molecule is C=C(C)C(=O)OCC1CC2C[C@@H]1C1CC3OC3C21. The molecule has 4 rings (SSSR count). The quantitative estimate of drug-likeness (QED) is 0.436. The van der Waals surface area contributed by atoms with Gasteiger partial charge in [0, 0.05) is 5.57 Å². The third-order valence-electron chi connectivity index (χ3n) is 5.66. The second-order valence-corrected chi connectivity index (χ2v) is 6.65. The molecular formula is C15H20O3. The van der Waals surface area contributed by atoms with E-state index >= 15 is 0 Å². The molecule has 3 heteroatoms. The normalized spacial score (nSPS) is 50.8. The number of rotatable bonds is 3. The second-order valence-electron chi connectivity index (χ2n) is 6.65. The van der Waals surface area contributed by atoms with Crippen LogP contribution in [0.15, 0.2) is 12.2 Å². The predicted octanol–water partition coefficient (Wildman–Crippen LogP) is 2.17. The van der Waals surface area contributed by atoms with Gasteiger partial charge in [-0.3, -0.25) is 0 Å². The fraction of sp³-hybridized carbons (Fsp3) is 0.800. The Morgan fingerprint density at radius 1 is 1.33 bits per heavy atom. The van der Waals surface area contributed by atoms with Crippen LogP contribution < -0.4 is 0 Å². The van der Waals surface area contributed by atoms with Crippen LogP contribution in [0.5, 0.6) is 0 Å². The second kappa shape index (κ2) is 3.60. The molecular weight excluding hydrogens is 228 g/mol. The minimum Gasteiger partial charge on any atom is -0.462 e. The van der Waals surface area contributed by atoms with Crippen LogP contribution in [0, 0.1) is 29.6 Å². The number of hydrogen-bond donors (Lipinski definition) is 0. The fourth-order valence-corrected chi connectivity index (χ4v) is 4.97. The average Bonchev–Trinajstić information content (AvgIpc) is 2.76. The van der Waals surface area contributed by atoms with Crippen molar-refractivity contribution in [3.05, 3.63) is 12.2 Å². The van der Waals surface area contributed by atoms with Crippen molar-refractivity contribution < 1.29 is 14.3 Å². The smallest absolute Gasteiger partial charge is 0.333 e. The van der Waals surface area contributed by atoms with Gasteiger partial charge in [0.05, 0.1) is 18.8 Å². The summed E-state index contributed by atoms with van der Waals surface area (Å²) in [6.07, 6.45) is 5.03. The van der Waals surface area contributed by atoms with E-state index in [0.29, 0.717) is 30.3 Å². The molecule has 1 heterocycles. The molecule has 6 unspecified atom stereocenters. The maximum absolute atomic E-state index is 11.5. The summed E-state index contributed by atoms with van der Waals surface area (Å²) in [6, 6.07) is 0. The largest absolute Gasteiger partial charge is 0.462 e. The van der Waals surface area contributed by atoms with Crippen molar-refractivity contribution in [1.82, 2.24) is 0 Å².